The summed E-state index contributed by atoms with van der Waals surface area (Å²) in [6, 6.07) is 8.93. The quantitative estimate of drug-likeness (QED) is 0.822. The Morgan fingerprint density at radius 2 is 1.77 bits per heavy atom. The maximum absolute atomic E-state index is 13.1. The van der Waals surface area contributed by atoms with E-state index in [1.54, 1.807) is 6.92 Å². The van der Waals surface area contributed by atoms with E-state index in [4.69, 9.17) is 4.74 Å². The molecule has 1 aromatic rings. The number of rotatable bonds is 5. The summed E-state index contributed by atoms with van der Waals surface area (Å²) in [6.07, 6.45) is 6.56. The minimum Gasteiger partial charge on any atom is -0.465 e. The Balaban J connectivity index is 1.57. The second kappa shape index (κ2) is 6.40. The smallest absolute Gasteiger partial charge is 0.325 e. The fraction of sp³-hybridized carbons (Fsp3) is 0.636. The maximum Gasteiger partial charge on any atom is 0.325 e. The fourth-order valence-electron chi connectivity index (χ4n) is 6.33. The third-order valence-electron chi connectivity index (χ3n) is 6.91. The van der Waals surface area contributed by atoms with E-state index in [9.17, 15) is 9.59 Å². The Hall–Kier alpha value is -1.84. The van der Waals surface area contributed by atoms with E-state index >= 15 is 0 Å². The molecule has 4 fully saturated rings. The van der Waals surface area contributed by atoms with Crippen LogP contribution in [0.3, 0.4) is 0 Å². The molecular formula is C22H29NO3. The van der Waals surface area contributed by atoms with Gasteiger partial charge in [-0.15, -0.1) is 0 Å². The molecule has 0 saturated heterocycles. The first-order valence-electron chi connectivity index (χ1n) is 9.96. The number of aryl methyl sites for hydroxylation is 1. The predicted octanol–water partition coefficient (Wildman–Crippen LogP) is 3.51. The molecule has 0 radical (unpaired) electrons. The van der Waals surface area contributed by atoms with Crippen molar-refractivity contribution in [2.24, 2.45) is 17.3 Å². The van der Waals surface area contributed by atoms with Crippen LogP contribution in [0.1, 0.15) is 56.6 Å². The van der Waals surface area contributed by atoms with Crippen molar-refractivity contribution in [3.8, 4) is 0 Å². The number of carbonyl (C=O) groups excluding carboxylic acids is 2. The summed E-state index contributed by atoms with van der Waals surface area (Å²) >= 11 is 0. The lowest BCUT2D eigenvalue weighted by Gasteiger charge is -2.61. The van der Waals surface area contributed by atoms with E-state index in [0.29, 0.717) is 18.4 Å². The van der Waals surface area contributed by atoms with Crippen molar-refractivity contribution in [3.63, 3.8) is 0 Å². The highest BCUT2D eigenvalue weighted by molar-refractivity contribution is 5.87. The van der Waals surface area contributed by atoms with Gasteiger partial charge in [-0.3, -0.25) is 9.59 Å². The lowest BCUT2D eigenvalue weighted by molar-refractivity contribution is -0.152. The lowest BCUT2D eigenvalue weighted by atomic mass is 9.42. The number of carbonyl (C=O) groups is 2. The fourth-order valence-corrected chi connectivity index (χ4v) is 6.33. The minimum absolute atomic E-state index is 0.0126. The molecule has 4 bridgehead atoms. The van der Waals surface area contributed by atoms with Crippen LogP contribution in [0.4, 0.5) is 0 Å². The summed E-state index contributed by atoms with van der Waals surface area (Å²) in [5.41, 5.74) is 2.51. The molecule has 26 heavy (non-hydrogen) atoms. The first-order valence-corrected chi connectivity index (χ1v) is 9.96. The first kappa shape index (κ1) is 17.6. The molecule has 0 heterocycles. The molecule has 0 spiro atoms. The van der Waals surface area contributed by atoms with Crippen LogP contribution < -0.4 is 5.32 Å². The summed E-state index contributed by atoms with van der Waals surface area (Å²) in [7, 11) is 0. The van der Waals surface area contributed by atoms with Gasteiger partial charge in [-0.2, -0.15) is 0 Å². The number of hydrogen-bond donors (Lipinski definition) is 1. The van der Waals surface area contributed by atoms with Crippen LogP contribution in [0.25, 0.3) is 0 Å². The van der Waals surface area contributed by atoms with Crippen LogP contribution in [0.5, 0.6) is 0 Å². The van der Waals surface area contributed by atoms with Gasteiger partial charge in [0.15, 0.2) is 0 Å². The minimum atomic E-state index is -0.348. The van der Waals surface area contributed by atoms with Crippen molar-refractivity contribution in [2.75, 3.05) is 13.2 Å². The number of amides is 1. The first-order chi connectivity index (χ1) is 12.4. The molecule has 0 aromatic heterocycles. The van der Waals surface area contributed by atoms with Crippen LogP contribution in [-0.2, 0) is 19.7 Å². The highest BCUT2D eigenvalue weighted by Crippen LogP contribution is 2.65. The van der Waals surface area contributed by atoms with Crippen molar-refractivity contribution in [1.82, 2.24) is 5.32 Å². The van der Waals surface area contributed by atoms with Crippen molar-refractivity contribution in [2.45, 2.75) is 57.8 Å². The zero-order valence-electron chi connectivity index (χ0n) is 15.8. The monoisotopic (exact) mass is 355 g/mol. The van der Waals surface area contributed by atoms with E-state index in [1.807, 2.05) is 0 Å². The van der Waals surface area contributed by atoms with E-state index in [2.05, 4.69) is 36.5 Å². The molecule has 4 aliphatic rings. The summed E-state index contributed by atoms with van der Waals surface area (Å²) in [5.74, 6) is 0.978. The molecule has 4 aliphatic carbocycles. The number of nitrogens with one attached hydrogen (secondary N) is 1. The van der Waals surface area contributed by atoms with Crippen molar-refractivity contribution >= 4 is 11.9 Å². The van der Waals surface area contributed by atoms with Crippen molar-refractivity contribution in [3.05, 3.63) is 35.4 Å². The van der Waals surface area contributed by atoms with E-state index in [-0.39, 0.29) is 29.3 Å². The molecule has 5 rings (SSSR count). The largest absolute Gasteiger partial charge is 0.465 e. The van der Waals surface area contributed by atoms with Gasteiger partial charge < -0.3 is 10.1 Å². The number of benzene rings is 1. The Bertz CT molecular complexity index is 695. The highest BCUT2D eigenvalue weighted by Gasteiger charge is 2.60. The third-order valence-corrected chi connectivity index (χ3v) is 6.91. The molecule has 1 amide bonds. The van der Waals surface area contributed by atoms with Crippen LogP contribution in [0.2, 0.25) is 0 Å². The van der Waals surface area contributed by atoms with E-state index in [1.165, 1.54) is 30.4 Å². The molecule has 4 heteroatoms. The molecule has 2 atom stereocenters. The normalized spacial score (nSPS) is 34.5. The van der Waals surface area contributed by atoms with Gasteiger partial charge in [0, 0.05) is 0 Å². The average Bonchev–Trinajstić information content (AvgIpc) is 2.59. The Morgan fingerprint density at radius 1 is 1.12 bits per heavy atom. The average molecular weight is 355 g/mol. The molecule has 140 valence electrons. The number of hydrogen-bond acceptors (Lipinski definition) is 3. The summed E-state index contributed by atoms with van der Waals surface area (Å²) in [4.78, 5) is 24.8. The van der Waals surface area contributed by atoms with Gasteiger partial charge in [-0.25, -0.2) is 0 Å². The second-order valence-corrected chi connectivity index (χ2v) is 8.88. The van der Waals surface area contributed by atoms with Gasteiger partial charge in [0.25, 0.3) is 0 Å². The summed E-state index contributed by atoms with van der Waals surface area (Å²) in [5, 5.41) is 2.89. The van der Waals surface area contributed by atoms with E-state index < -0.39 is 0 Å². The SMILES string of the molecule is CCOC(=O)CNC(=O)C12C[C@H]3C[C@H](C1)CC(c1ccc(C)cc1)(C3)C2. The zero-order chi connectivity index (χ0) is 18.4. The summed E-state index contributed by atoms with van der Waals surface area (Å²) in [6.45, 7) is 4.24. The number of esters is 1. The van der Waals surface area contributed by atoms with Crippen molar-refractivity contribution in [1.29, 1.82) is 0 Å². The molecule has 1 aromatic carbocycles. The van der Waals surface area contributed by atoms with Crippen LogP contribution in [0, 0.1) is 24.2 Å². The predicted molar refractivity (Wildman–Crippen MR) is 99.6 cm³/mol. The van der Waals surface area contributed by atoms with Crippen molar-refractivity contribution < 1.29 is 14.3 Å². The van der Waals surface area contributed by atoms with Gasteiger partial charge in [-0.05, 0) is 75.2 Å². The standard InChI is InChI=1S/C22H29NO3/c1-3-26-19(24)13-23-20(25)22-11-16-8-17(12-22)10-21(9-16,14-22)18-6-4-15(2)5-7-18/h4-7,16-17H,3,8-14H2,1-2H3,(H,23,25)/t16-,17-,21?,22?/m0/s1. The van der Waals surface area contributed by atoms with Gasteiger partial charge in [-0.1, -0.05) is 29.8 Å². The highest BCUT2D eigenvalue weighted by atomic mass is 16.5. The van der Waals surface area contributed by atoms with Gasteiger partial charge >= 0.3 is 5.97 Å². The lowest BCUT2D eigenvalue weighted by Crippen LogP contribution is -2.59. The zero-order valence-corrected chi connectivity index (χ0v) is 15.8. The van der Waals surface area contributed by atoms with Gasteiger partial charge in [0.05, 0.1) is 12.0 Å². The molecule has 4 saturated carbocycles. The number of ether oxygens (including phenoxy) is 1. The van der Waals surface area contributed by atoms with Crippen LogP contribution >= 0.6 is 0 Å². The van der Waals surface area contributed by atoms with Crippen LogP contribution in [0.15, 0.2) is 24.3 Å². The van der Waals surface area contributed by atoms with Gasteiger partial charge in [0.1, 0.15) is 6.54 Å². The Morgan fingerprint density at radius 3 is 2.38 bits per heavy atom. The molecule has 4 nitrogen and oxygen atoms in total. The van der Waals surface area contributed by atoms with Crippen LogP contribution in [-0.4, -0.2) is 25.0 Å². The van der Waals surface area contributed by atoms with Gasteiger partial charge in [0.2, 0.25) is 5.91 Å². The Kier molecular flexibility index (Phi) is 4.32. The van der Waals surface area contributed by atoms with E-state index in [0.717, 1.165) is 19.3 Å². The topological polar surface area (TPSA) is 55.4 Å². The molecule has 1 N–H and O–H groups in total. The third kappa shape index (κ3) is 2.93. The molecule has 0 aliphatic heterocycles. The molecular weight excluding hydrogens is 326 g/mol. The molecule has 0 unspecified atom stereocenters. The summed E-state index contributed by atoms with van der Waals surface area (Å²) < 4.78 is 4.96. The second-order valence-electron chi connectivity index (χ2n) is 8.88. The Labute approximate surface area is 155 Å². The maximum atomic E-state index is 13.1.